The number of urea groups is 1. The third-order valence-corrected chi connectivity index (χ3v) is 4.40. The molecule has 8 heteroatoms. The molecule has 3 aromatic rings. The number of benzene rings is 1. The number of imidazole rings is 1. The third kappa shape index (κ3) is 2.79. The number of hydrogen-bond donors (Lipinski definition) is 2. The molecule has 0 radical (unpaired) electrons. The number of halogens is 2. The number of para-hydroxylation sites is 1. The zero-order valence-electron chi connectivity index (χ0n) is 13.6. The van der Waals surface area contributed by atoms with Gasteiger partial charge in [0.05, 0.1) is 12.0 Å². The predicted octanol–water partition coefficient (Wildman–Crippen LogP) is 3.26. The Kier molecular flexibility index (Phi) is 4.08. The van der Waals surface area contributed by atoms with Gasteiger partial charge < -0.3 is 15.2 Å². The van der Waals surface area contributed by atoms with Crippen LogP contribution in [0.15, 0.2) is 49.1 Å². The van der Waals surface area contributed by atoms with Gasteiger partial charge in [0.25, 0.3) is 0 Å². The summed E-state index contributed by atoms with van der Waals surface area (Å²) in [5, 5.41) is 2.35. The highest BCUT2D eigenvalue weighted by atomic mass is 19.1. The van der Waals surface area contributed by atoms with Crippen molar-refractivity contribution in [3.8, 4) is 0 Å². The van der Waals surface area contributed by atoms with Gasteiger partial charge in [0.15, 0.2) is 0 Å². The van der Waals surface area contributed by atoms with E-state index < -0.39 is 29.4 Å². The van der Waals surface area contributed by atoms with E-state index in [1.807, 2.05) is 0 Å². The first kappa shape index (κ1) is 16.2. The lowest BCUT2D eigenvalue weighted by Gasteiger charge is -2.35. The van der Waals surface area contributed by atoms with Gasteiger partial charge in [0.1, 0.15) is 23.4 Å². The Morgan fingerprint density at radius 1 is 1.19 bits per heavy atom. The van der Waals surface area contributed by atoms with E-state index in [-0.39, 0.29) is 0 Å². The summed E-state index contributed by atoms with van der Waals surface area (Å²) in [5.41, 5.74) is 2.01. The molecule has 2 aromatic heterocycles. The van der Waals surface area contributed by atoms with E-state index >= 15 is 0 Å². The van der Waals surface area contributed by atoms with Crippen molar-refractivity contribution in [2.45, 2.75) is 12.5 Å². The summed E-state index contributed by atoms with van der Waals surface area (Å²) < 4.78 is 27.8. The largest absolute Gasteiger partial charge is 0.348 e. The zero-order chi connectivity index (χ0) is 18.1. The van der Waals surface area contributed by atoms with Gasteiger partial charge in [0.2, 0.25) is 0 Å². The number of nitrogens with one attached hydrogen (secondary N) is 2. The molecule has 0 saturated heterocycles. The van der Waals surface area contributed by atoms with Crippen molar-refractivity contribution >= 4 is 11.7 Å². The fourth-order valence-corrected chi connectivity index (χ4v) is 3.17. The number of pyridine rings is 1. The number of amides is 2. The van der Waals surface area contributed by atoms with E-state index in [1.165, 1.54) is 11.0 Å². The van der Waals surface area contributed by atoms with E-state index in [2.05, 4.69) is 20.3 Å². The van der Waals surface area contributed by atoms with Gasteiger partial charge in [-0.1, -0.05) is 6.07 Å². The molecule has 0 bridgehead atoms. The van der Waals surface area contributed by atoms with Crippen LogP contribution in [0.3, 0.4) is 0 Å². The van der Waals surface area contributed by atoms with Crippen LogP contribution in [0, 0.1) is 11.6 Å². The highest BCUT2D eigenvalue weighted by Gasteiger charge is 2.34. The zero-order valence-corrected chi connectivity index (χ0v) is 13.6. The number of rotatable bonds is 2. The highest BCUT2D eigenvalue weighted by molar-refractivity contribution is 5.90. The third-order valence-electron chi connectivity index (χ3n) is 4.40. The topological polar surface area (TPSA) is 73.9 Å². The monoisotopic (exact) mass is 355 g/mol. The van der Waals surface area contributed by atoms with Gasteiger partial charge in [-0.25, -0.2) is 18.6 Å². The average molecular weight is 355 g/mol. The van der Waals surface area contributed by atoms with Crippen molar-refractivity contribution in [3.05, 3.63) is 77.6 Å². The molecule has 1 aliphatic rings. The van der Waals surface area contributed by atoms with Crippen molar-refractivity contribution in [1.82, 2.24) is 19.9 Å². The van der Waals surface area contributed by atoms with E-state index in [4.69, 9.17) is 0 Å². The number of H-pyrrole nitrogens is 1. The quantitative estimate of drug-likeness (QED) is 0.741. The van der Waals surface area contributed by atoms with Crippen LogP contribution in [0.25, 0.3) is 0 Å². The predicted molar refractivity (Wildman–Crippen MR) is 90.5 cm³/mol. The van der Waals surface area contributed by atoms with Crippen molar-refractivity contribution in [1.29, 1.82) is 0 Å². The average Bonchev–Trinajstić information content (AvgIpc) is 3.13. The first-order valence-corrected chi connectivity index (χ1v) is 8.09. The van der Waals surface area contributed by atoms with Crippen LogP contribution in [0.5, 0.6) is 0 Å². The molecular formula is C18H15F2N5O. The number of fused-ring (bicyclic) bond motifs is 1. The van der Waals surface area contributed by atoms with Crippen molar-refractivity contribution in [3.63, 3.8) is 0 Å². The molecule has 26 heavy (non-hydrogen) atoms. The number of anilines is 1. The molecular weight excluding hydrogens is 340 g/mol. The Hall–Kier alpha value is -3.29. The second-order valence-corrected chi connectivity index (χ2v) is 5.92. The summed E-state index contributed by atoms with van der Waals surface area (Å²) in [4.78, 5) is 25.8. The van der Waals surface area contributed by atoms with Gasteiger partial charge in [-0.05, 0) is 29.8 Å². The molecule has 0 saturated carbocycles. The maximum atomic E-state index is 13.9. The van der Waals surface area contributed by atoms with Gasteiger partial charge in [-0.3, -0.25) is 4.98 Å². The molecule has 0 spiro atoms. The summed E-state index contributed by atoms with van der Waals surface area (Å²) in [6.45, 7) is 0.379. The van der Waals surface area contributed by atoms with E-state index in [0.29, 0.717) is 18.7 Å². The van der Waals surface area contributed by atoms with Gasteiger partial charge in [0, 0.05) is 31.1 Å². The molecule has 2 amide bonds. The molecule has 2 N–H and O–H groups in total. The van der Waals surface area contributed by atoms with Crippen LogP contribution < -0.4 is 5.32 Å². The van der Waals surface area contributed by atoms with Crippen LogP contribution in [0.4, 0.5) is 19.3 Å². The van der Waals surface area contributed by atoms with E-state index in [0.717, 1.165) is 23.4 Å². The normalized spacial score (nSPS) is 16.2. The minimum Gasteiger partial charge on any atom is -0.348 e. The molecule has 0 aliphatic carbocycles. The lowest BCUT2D eigenvalue weighted by molar-refractivity contribution is 0.192. The van der Waals surface area contributed by atoms with Crippen LogP contribution in [0.2, 0.25) is 0 Å². The molecule has 1 aliphatic heterocycles. The van der Waals surface area contributed by atoms with Crippen LogP contribution in [-0.2, 0) is 6.42 Å². The Labute approximate surface area is 147 Å². The number of nitrogens with zero attached hydrogens (tertiary/aromatic N) is 3. The summed E-state index contributed by atoms with van der Waals surface area (Å²) in [5.74, 6) is -1.65. The molecule has 4 rings (SSSR count). The van der Waals surface area contributed by atoms with Crippen LogP contribution in [0.1, 0.15) is 23.0 Å². The fraction of sp³-hybridized carbons (Fsp3) is 0.167. The molecule has 3 heterocycles. The molecule has 1 aromatic carbocycles. The van der Waals surface area contributed by atoms with Crippen LogP contribution in [-0.4, -0.2) is 32.4 Å². The molecule has 1 atom stereocenters. The first-order valence-electron chi connectivity index (χ1n) is 8.09. The number of carbonyl (C=O) groups excluding carboxylic acids is 1. The Morgan fingerprint density at radius 2 is 1.92 bits per heavy atom. The lowest BCUT2D eigenvalue weighted by Crippen LogP contribution is -2.43. The van der Waals surface area contributed by atoms with Gasteiger partial charge in [-0.2, -0.15) is 0 Å². The maximum absolute atomic E-state index is 13.9. The summed E-state index contributed by atoms with van der Waals surface area (Å²) in [7, 11) is 0. The lowest BCUT2D eigenvalue weighted by atomic mass is 9.97. The standard InChI is InChI=1S/C18H15F2N5O/c19-12-2-1-3-13(20)15(12)24-18(26)25-9-6-14-16(23-10-22-14)17(25)11-4-7-21-8-5-11/h1-5,7-8,10,17H,6,9H2,(H,22,23)(H,24,26)/t17-/m0/s1. The van der Waals surface area contributed by atoms with Gasteiger partial charge >= 0.3 is 6.03 Å². The van der Waals surface area contributed by atoms with Crippen molar-refractivity contribution in [2.24, 2.45) is 0 Å². The minimum absolute atomic E-state index is 0.379. The number of hydrogen-bond acceptors (Lipinski definition) is 3. The second-order valence-electron chi connectivity index (χ2n) is 5.92. The second kappa shape index (κ2) is 6.55. The van der Waals surface area contributed by atoms with E-state index in [1.54, 1.807) is 30.9 Å². The number of carbonyl (C=O) groups is 1. The Bertz CT molecular complexity index is 924. The number of aromatic amines is 1. The van der Waals surface area contributed by atoms with Crippen molar-refractivity contribution in [2.75, 3.05) is 11.9 Å². The Balaban J connectivity index is 1.69. The van der Waals surface area contributed by atoms with Gasteiger partial charge in [-0.15, -0.1) is 0 Å². The molecule has 6 nitrogen and oxygen atoms in total. The van der Waals surface area contributed by atoms with Crippen LogP contribution >= 0.6 is 0 Å². The summed E-state index contributed by atoms with van der Waals surface area (Å²) in [6, 6.07) is 5.96. The minimum atomic E-state index is -0.823. The number of aromatic nitrogens is 3. The maximum Gasteiger partial charge on any atom is 0.322 e. The molecule has 0 fully saturated rings. The van der Waals surface area contributed by atoms with Crippen molar-refractivity contribution < 1.29 is 13.6 Å². The highest BCUT2D eigenvalue weighted by Crippen LogP contribution is 2.33. The molecule has 132 valence electrons. The summed E-state index contributed by atoms with van der Waals surface area (Å²) in [6.07, 6.45) is 5.41. The molecule has 0 unspecified atom stereocenters. The fourth-order valence-electron chi connectivity index (χ4n) is 3.17. The summed E-state index contributed by atoms with van der Waals surface area (Å²) >= 11 is 0. The Morgan fingerprint density at radius 3 is 2.65 bits per heavy atom. The smallest absolute Gasteiger partial charge is 0.322 e. The SMILES string of the molecule is O=C(Nc1c(F)cccc1F)N1CCc2[nH]cnc2[C@@H]1c1ccncc1. The first-order chi connectivity index (χ1) is 12.6. The van der Waals surface area contributed by atoms with E-state index in [9.17, 15) is 13.6 Å².